The highest BCUT2D eigenvalue weighted by atomic mass is 16.5. The highest BCUT2D eigenvalue weighted by Crippen LogP contribution is 2.35. The average molecular weight is 259 g/mol. The summed E-state index contributed by atoms with van der Waals surface area (Å²) in [5, 5.41) is 9.32. The van der Waals surface area contributed by atoms with Crippen LogP contribution in [0.3, 0.4) is 0 Å². The minimum atomic E-state index is -0.724. The molecule has 0 aliphatic carbocycles. The minimum Gasteiger partial charge on any atom is -0.465 e. The standard InChI is InChI=1S/C16H21NO2/c1-4-16(3,11-13-9-7-6-8-10-13)14(12-17)15(18)19-5-2/h6-10,14H,4-5,11H2,1-3H3/t14-,16-/m0/s1. The number of nitrogens with zero attached hydrogens (tertiary/aromatic N) is 1. The topological polar surface area (TPSA) is 50.1 Å². The molecule has 0 radical (unpaired) electrons. The van der Waals surface area contributed by atoms with Crippen LogP contribution in [0.4, 0.5) is 0 Å². The molecule has 0 amide bonds. The van der Waals surface area contributed by atoms with E-state index in [9.17, 15) is 10.1 Å². The van der Waals surface area contributed by atoms with Crippen molar-refractivity contribution in [2.24, 2.45) is 11.3 Å². The van der Waals surface area contributed by atoms with Crippen molar-refractivity contribution in [3.8, 4) is 6.07 Å². The number of rotatable bonds is 6. The fourth-order valence-corrected chi connectivity index (χ4v) is 2.21. The highest BCUT2D eigenvalue weighted by molar-refractivity contribution is 5.76. The summed E-state index contributed by atoms with van der Waals surface area (Å²) in [6.45, 7) is 6.05. The van der Waals surface area contributed by atoms with Crippen LogP contribution in [-0.2, 0) is 16.0 Å². The average Bonchev–Trinajstić information content (AvgIpc) is 2.41. The largest absolute Gasteiger partial charge is 0.465 e. The Balaban J connectivity index is 2.95. The Bertz CT molecular complexity index is 450. The molecule has 0 fully saturated rings. The van der Waals surface area contributed by atoms with Crippen LogP contribution in [0.5, 0.6) is 0 Å². The predicted molar refractivity (Wildman–Crippen MR) is 74.3 cm³/mol. The third-order valence-electron chi connectivity index (χ3n) is 3.61. The SMILES string of the molecule is CCOC(=O)[C@H](C#N)[C@@](C)(CC)Cc1ccccc1. The molecule has 2 atom stereocenters. The fourth-order valence-electron chi connectivity index (χ4n) is 2.21. The van der Waals surface area contributed by atoms with Crippen LogP contribution >= 0.6 is 0 Å². The molecule has 1 aromatic carbocycles. The van der Waals surface area contributed by atoms with E-state index >= 15 is 0 Å². The second-order valence-corrected chi connectivity index (χ2v) is 4.98. The van der Waals surface area contributed by atoms with Crippen LogP contribution in [0.1, 0.15) is 32.8 Å². The molecule has 1 aromatic rings. The number of ether oxygens (including phenoxy) is 1. The minimum absolute atomic E-state index is 0.308. The summed E-state index contributed by atoms with van der Waals surface area (Å²) >= 11 is 0. The van der Waals surface area contributed by atoms with Gasteiger partial charge in [-0.15, -0.1) is 0 Å². The van der Waals surface area contributed by atoms with E-state index in [-0.39, 0.29) is 0 Å². The molecule has 1 rings (SSSR count). The van der Waals surface area contributed by atoms with Crippen molar-refractivity contribution in [2.45, 2.75) is 33.6 Å². The van der Waals surface area contributed by atoms with Gasteiger partial charge in [0.15, 0.2) is 0 Å². The molecule has 0 unspecified atom stereocenters. The first-order chi connectivity index (χ1) is 9.07. The summed E-state index contributed by atoms with van der Waals surface area (Å²) in [6.07, 6.45) is 1.44. The summed E-state index contributed by atoms with van der Waals surface area (Å²) in [6, 6.07) is 12.1. The number of hydrogen-bond acceptors (Lipinski definition) is 3. The first-order valence-electron chi connectivity index (χ1n) is 6.67. The fraction of sp³-hybridized carbons (Fsp3) is 0.500. The maximum atomic E-state index is 11.9. The van der Waals surface area contributed by atoms with E-state index in [4.69, 9.17) is 4.74 Å². The molecule has 0 aliphatic heterocycles. The number of carbonyl (C=O) groups is 1. The van der Waals surface area contributed by atoms with Gasteiger partial charge in [-0.1, -0.05) is 44.2 Å². The molecule has 0 saturated heterocycles. The van der Waals surface area contributed by atoms with Gasteiger partial charge in [0.05, 0.1) is 12.7 Å². The van der Waals surface area contributed by atoms with E-state index in [1.807, 2.05) is 44.2 Å². The van der Waals surface area contributed by atoms with Gasteiger partial charge in [-0.25, -0.2) is 0 Å². The number of carbonyl (C=O) groups excluding carboxylic acids is 1. The lowest BCUT2D eigenvalue weighted by Crippen LogP contribution is -2.35. The van der Waals surface area contributed by atoms with Gasteiger partial charge in [0.25, 0.3) is 0 Å². The molecule has 0 heterocycles. The Hall–Kier alpha value is -1.82. The Morgan fingerprint density at radius 2 is 2.00 bits per heavy atom. The molecule has 0 spiro atoms. The van der Waals surface area contributed by atoms with E-state index in [0.29, 0.717) is 13.0 Å². The monoisotopic (exact) mass is 259 g/mol. The van der Waals surface area contributed by atoms with Gasteiger partial charge in [0, 0.05) is 0 Å². The number of nitriles is 1. The molecule has 0 bridgehead atoms. The van der Waals surface area contributed by atoms with Crippen LogP contribution in [0, 0.1) is 22.7 Å². The number of hydrogen-bond donors (Lipinski definition) is 0. The summed E-state index contributed by atoms with van der Waals surface area (Å²) in [5.41, 5.74) is 0.735. The zero-order valence-corrected chi connectivity index (χ0v) is 11.8. The third kappa shape index (κ3) is 3.82. The summed E-state index contributed by atoms with van der Waals surface area (Å²) in [4.78, 5) is 11.9. The van der Waals surface area contributed by atoms with Crippen molar-refractivity contribution in [1.82, 2.24) is 0 Å². The normalized spacial score (nSPS) is 15.1. The van der Waals surface area contributed by atoms with Crippen molar-refractivity contribution in [2.75, 3.05) is 6.61 Å². The van der Waals surface area contributed by atoms with E-state index in [2.05, 4.69) is 6.07 Å². The molecule has 102 valence electrons. The van der Waals surface area contributed by atoms with Gasteiger partial charge in [-0.3, -0.25) is 4.79 Å². The van der Waals surface area contributed by atoms with Gasteiger partial charge >= 0.3 is 5.97 Å². The van der Waals surface area contributed by atoms with Crippen molar-refractivity contribution >= 4 is 5.97 Å². The lowest BCUT2D eigenvalue weighted by molar-refractivity contribution is -0.149. The molecule has 19 heavy (non-hydrogen) atoms. The van der Waals surface area contributed by atoms with Crippen LogP contribution < -0.4 is 0 Å². The van der Waals surface area contributed by atoms with Crippen LogP contribution in [0.25, 0.3) is 0 Å². The van der Waals surface area contributed by atoms with Crippen LogP contribution in [0.2, 0.25) is 0 Å². The Kier molecular flexibility index (Phi) is 5.57. The van der Waals surface area contributed by atoms with E-state index in [0.717, 1.165) is 12.0 Å². The Morgan fingerprint density at radius 1 is 1.37 bits per heavy atom. The van der Waals surface area contributed by atoms with E-state index in [1.165, 1.54) is 0 Å². The molecule has 0 N–H and O–H groups in total. The molecular weight excluding hydrogens is 238 g/mol. The smallest absolute Gasteiger partial charge is 0.323 e. The third-order valence-corrected chi connectivity index (χ3v) is 3.61. The van der Waals surface area contributed by atoms with Crippen molar-refractivity contribution in [3.63, 3.8) is 0 Å². The van der Waals surface area contributed by atoms with E-state index < -0.39 is 17.3 Å². The molecule has 0 aromatic heterocycles. The lowest BCUT2D eigenvalue weighted by atomic mass is 9.71. The molecule has 0 aliphatic rings. The summed E-state index contributed by atoms with van der Waals surface area (Å²) in [5.74, 6) is -1.14. The maximum Gasteiger partial charge on any atom is 0.323 e. The van der Waals surface area contributed by atoms with Gasteiger partial charge in [0.2, 0.25) is 0 Å². The molecular formula is C16H21NO2. The second kappa shape index (κ2) is 6.94. The van der Waals surface area contributed by atoms with Crippen molar-refractivity contribution < 1.29 is 9.53 Å². The summed E-state index contributed by atoms with van der Waals surface area (Å²) in [7, 11) is 0. The second-order valence-electron chi connectivity index (χ2n) is 4.98. The molecule has 3 nitrogen and oxygen atoms in total. The van der Waals surface area contributed by atoms with Crippen LogP contribution in [-0.4, -0.2) is 12.6 Å². The highest BCUT2D eigenvalue weighted by Gasteiger charge is 2.39. The first kappa shape index (κ1) is 15.2. The zero-order valence-electron chi connectivity index (χ0n) is 11.8. The van der Waals surface area contributed by atoms with Crippen molar-refractivity contribution in [3.05, 3.63) is 35.9 Å². The van der Waals surface area contributed by atoms with Gasteiger partial charge < -0.3 is 4.74 Å². The van der Waals surface area contributed by atoms with E-state index in [1.54, 1.807) is 6.92 Å². The van der Waals surface area contributed by atoms with Gasteiger partial charge in [0.1, 0.15) is 5.92 Å². The number of benzene rings is 1. The summed E-state index contributed by atoms with van der Waals surface area (Å²) < 4.78 is 5.02. The maximum absolute atomic E-state index is 11.9. The first-order valence-corrected chi connectivity index (χ1v) is 6.67. The Labute approximate surface area is 115 Å². The number of esters is 1. The predicted octanol–water partition coefficient (Wildman–Crippen LogP) is 3.35. The quantitative estimate of drug-likeness (QED) is 0.736. The Morgan fingerprint density at radius 3 is 2.47 bits per heavy atom. The zero-order chi connectivity index (χ0) is 14.3. The van der Waals surface area contributed by atoms with Gasteiger partial charge in [-0.2, -0.15) is 5.26 Å². The molecule has 3 heteroatoms. The van der Waals surface area contributed by atoms with Crippen LogP contribution in [0.15, 0.2) is 30.3 Å². The molecule has 0 saturated carbocycles. The lowest BCUT2D eigenvalue weighted by Gasteiger charge is -2.31. The van der Waals surface area contributed by atoms with Gasteiger partial charge in [-0.05, 0) is 30.7 Å². The van der Waals surface area contributed by atoms with Crippen molar-refractivity contribution in [1.29, 1.82) is 5.26 Å².